The van der Waals surface area contributed by atoms with Gasteiger partial charge in [-0.3, -0.25) is 0 Å². The molecule has 108 valence electrons. The van der Waals surface area contributed by atoms with Crippen molar-refractivity contribution in [2.45, 2.75) is 47.2 Å². The van der Waals surface area contributed by atoms with Gasteiger partial charge in [0.05, 0.1) is 5.69 Å². The van der Waals surface area contributed by atoms with E-state index >= 15 is 0 Å². The monoisotopic (exact) mass is 266 g/mol. The van der Waals surface area contributed by atoms with Gasteiger partial charge >= 0.3 is 0 Å². The second kappa shape index (κ2) is 6.38. The Kier molecular flexibility index (Phi) is 5.36. The highest BCUT2D eigenvalue weighted by Gasteiger charge is 2.26. The van der Waals surface area contributed by atoms with E-state index in [4.69, 9.17) is 0 Å². The summed E-state index contributed by atoms with van der Waals surface area (Å²) in [6.07, 6.45) is 0. The highest BCUT2D eigenvalue weighted by atomic mass is 19.1. The number of halogens is 1. The van der Waals surface area contributed by atoms with Gasteiger partial charge in [-0.25, -0.2) is 4.39 Å². The molecule has 0 aliphatic rings. The Morgan fingerprint density at radius 1 is 1.32 bits per heavy atom. The van der Waals surface area contributed by atoms with Crippen LogP contribution in [0.4, 0.5) is 10.1 Å². The van der Waals surface area contributed by atoms with Crippen molar-refractivity contribution in [3.8, 4) is 0 Å². The minimum absolute atomic E-state index is 0.104. The molecular formula is C16H27FN2. The number of rotatable bonds is 5. The van der Waals surface area contributed by atoms with Gasteiger partial charge in [0.2, 0.25) is 0 Å². The Bertz CT molecular complexity index is 410. The molecule has 1 N–H and O–H groups in total. The van der Waals surface area contributed by atoms with Gasteiger partial charge in [-0.2, -0.15) is 0 Å². The molecule has 0 heterocycles. The first kappa shape index (κ1) is 16.0. The van der Waals surface area contributed by atoms with Crippen LogP contribution < -0.4 is 10.2 Å². The minimum atomic E-state index is -0.144. The third-order valence-corrected chi connectivity index (χ3v) is 3.82. The normalized spacial score (nSPS) is 13.4. The highest BCUT2D eigenvalue weighted by molar-refractivity contribution is 5.55. The number of hydrogen-bond acceptors (Lipinski definition) is 2. The topological polar surface area (TPSA) is 15.3 Å². The van der Waals surface area contributed by atoms with Crippen molar-refractivity contribution in [2.24, 2.45) is 5.41 Å². The lowest BCUT2D eigenvalue weighted by atomic mass is 9.86. The first-order valence-electron chi connectivity index (χ1n) is 7.00. The van der Waals surface area contributed by atoms with Crippen molar-refractivity contribution in [3.63, 3.8) is 0 Å². The zero-order valence-electron chi connectivity index (χ0n) is 13.0. The highest BCUT2D eigenvalue weighted by Crippen LogP contribution is 2.31. The smallest absolute Gasteiger partial charge is 0.146 e. The van der Waals surface area contributed by atoms with E-state index in [1.165, 1.54) is 6.07 Å². The van der Waals surface area contributed by atoms with Crippen LogP contribution in [-0.4, -0.2) is 19.6 Å². The Morgan fingerprint density at radius 3 is 2.47 bits per heavy atom. The maximum absolute atomic E-state index is 14.2. The molecule has 0 aliphatic heterocycles. The van der Waals surface area contributed by atoms with E-state index in [2.05, 4.69) is 44.8 Å². The predicted octanol–water partition coefficient (Wildman–Crippen LogP) is 3.81. The summed E-state index contributed by atoms with van der Waals surface area (Å²) >= 11 is 0. The molecule has 2 nitrogen and oxygen atoms in total. The van der Waals surface area contributed by atoms with Crippen LogP contribution >= 0.6 is 0 Å². The van der Waals surface area contributed by atoms with E-state index in [9.17, 15) is 4.39 Å². The molecule has 1 unspecified atom stereocenters. The molecule has 19 heavy (non-hydrogen) atoms. The summed E-state index contributed by atoms with van der Waals surface area (Å²) in [5, 5.41) is 3.27. The first-order valence-corrected chi connectivity index (χ1v) is 7.00. The van der Waals surface area contributed by atoms with Gasteiger partial charge < -0.3 is 10.2 Å². The molecule has 1 atom stereocenters. The van der Waals surface area contributed by atoms with Crippen LogP contribution in [0.15, 0.2) is 18.2 Å². The molecular weight excluding hydrogens is 239 g/mol. The van der Waals surface area contributed by atoms with E-state index in [1.807, 2.05) is 13.1 Å². The van der Waals surface area contributed by atoms with Crippen LogP contribution in [0.25, 0.3) is 0 Å². The molecule has 0 spiro atoms. The van der Waals surface area contributed by atoms with Crippen LogP contribution in [0.2, 0.25) is 0 Å². The lowest BCUT2D eigenvalue weighted by molar-refractivity contribution is 0.327. The SMILES string of the molecule is CCNCc1cccc(F)c1N(C)C(C)C(C)(C)C. The van der Waals surface area contributed by atoms with Gasteiger partial charge in [0.25, 0.3) is 0 Å². The Morgan fingerprint density at radius 2 is 1.95 bits per heavy atom. The molecule has 0 aromatic heterocycles. The van der Waals surface area contributed by atoms with Gasteiger partial charge in [0, 0.05) is 19.6 Å². The molecule has 1 aromatic carbocycles. The summed E-state index contributed by atoms with van der Waals surface area (Å²) in [7, 11) is 1.98. The average Bonchev–Trinajstić information content (AvgIpc) is 2.33. The standard InChI is InChI=1S/C16H27FN2/c1-7-18-11-13-9-8-10-14(17)15(13)19(6)12(2)16(3,4)5/h8-10,12,18H,7,11H2,1-6H3. The van der Waals surface area contributed by atoms with Crippen LogP contribution in [0.5, 0.6) is 0 Å². The number of para-hydroxylation sites is 1. The maximum atomic E-state index is 14.2. The average molecular weight is 266 g/mol. The van der Waals surface area contributed by atoms with Gasteiger partial charge in [-0.1, -0.05) is 39.8 Å². The molecule has 1 rings (SSSR count). The van der Waals surface area contributed by atoms with Crippen molar-refractivity contribution in [1.29, 1.82) is 0 Å². The molecule has 0 aliphatic carbocycles. The lowest BCUT2D eigenvalue weighted by Crippen LogP contribution is -2.40. The Labute approximate surface area is 117 Å². The van der Waals surface area contributed by atoms with Crippen molar-refractivity contribution < 1.29 is 4.39 Å². The summed E-state index contributed by atoms with van der Waals surface area (Å²) in [5.41, 5.74) is 1.83. The van der Waals surface area contributed by atoms with E-state index in [0.717, 1.165) is 12.1 Å². The summed E-state index contributed by atoms with van der Waals surface area (Å²) in [6, 6.07) is 5.56. The van der Waals surface area contributed by atoms with Gasteiger partial charge in [0.15, 0.2) is 0 Å². The fourth-order valence-corrected chi connectivity index (χ4v) is 2.13. The fraction of sp³-hybridized carbons (Fsp3) is 0.625. The molecule has 1 aromatic rings. The van der Waals surface area contributed by atoms with E-state index in [1.54, 1.807) is 6.07 Å². The number of benzene rings is 1. The van der Waals surface area contributed by atoms with Gasteiger partial charge in [-0.15, -0.1) is 0 Å². The summed E-state index contributed by atoms with van der Waals surface area (Å²) in [4.78, 5) is 2.06. The predicted molar refractivity (Wildman–Crippen MR) is 81.1 cm³/mol. The van der Waals surface area contributed by atoms with E-state index < -0.39 is 0 Å². The third-order valence-electron chi connectivity index (χ3n) is 3.82. The molecule has 0 saturated carbocycles. The van der Waals surface area contributed by atoms with E-state index in [-0.39, 0.29) is 17.3 Å². The van der Waals surface area contributed by atoms with Crippen LogP contribution in [-0.2, 0) is 6.54 Å². The third kappa shape index (κ3) is 3.93. The van der Waals surface area contributed by atoms with Gasteiger partial charge in [-0.05, 0) is 30.5 Å². The van der Waals surface area contributed by atoms with Crippen molar-refractivity contribution in [3.05, 3.63) is 29.6 Å². The lowest BCUT2D eigenvalue weighted by Gasteiger charge is -2.38. The summed E-state index contributed by atoms with van der Waals surface area (Å²) < 4.78 is 14.2. The fourth-order valence-electron chi connectivity index (χ4n) is 2.13. The second-order valence-electron chi connectivity index (χ2n) is 6.18. The molecule has 0 fully saturated rings. The van der Waals surface area contributed by atoms with Crippen LogP contribution in [0, 0.1) is 11.2 Å². The Hall–Kier alpha value is -1.09. The van der Waals surface area contributed by atoms with Crippen molar-refractivity contribution >= 4 is 5.69 Å². The zero-order chi connectivity index (χ0) is 14.6. The number of anilines is 1. The maximum Gasteiger partial charge on any atom is 0.146 e. The van der Waals surface area contributed by atoms with Crippen molar-refractivity contribution in [1.82, 2.24) is 5.32 Å². The Balaban J connectivity index is 3.10. The number of nitrogens with one attached hydrogen (secondary N) is 1. The largest absolute Gasteiger partial charge is 0.369 e. The van der Waals surface area contributed by atoms with E-state index in [0.29, 0.717) is 12.2 Å². The summed E-state index contributed by atoms with van der Waals surface area (Å²) in [6.45, 7) is 12.3. The zero-order valence-corrected chi connectivity index (χ0v) is 13.0. The van der Waals surface area contributed by atoms with Crippen LogP contribution in [0.3, 0.4) is 0 Å². The van der Waals surface area contributed by atoms with Crippen molar-refractivity contribution in [2.75, 3.05) is 18.5 Å². The summed E-state index contributed by atoms with van der Waals surface area (Å²) in [5.74, 6) is -0.144. The molecule has 0 amide bonds. The second-order valence-corrected chi connectivity index (χ2v) is 6.18. The van der Waals surface area contributed by atoms with Crippen LogP contribution in [0.1, 0.15) is 40.2 Å². The molecule has 0 radical (unpaired) electrons. The minimum Gasteiger partial charge on any atom is -0.369 e. The quantitative estimate of drug-likeness (QED) is 0.872. The first-order chi connectivity index (χ1) is 8.79. The molecule has 3 heteroatoms. The molecule has 0 saturated heterocycles. The number of hydrogen-bond donors (Lipinski definition) is 1. The number of nitrogens with zero attached hydrogens (tertiary/aromatic N) is 1. The van der Waals surface area contributed by atoms with Gasteiger partial charge in [0.1, 0.15) is 5.82 Å². The molecule has 0 bridgehead atoms.